The Bertz CT molecular complexity index is 3530. The van der Waals surface area contributed by atoms with Gasteiger partial charge < -0.3 is 4.42 Å². The van der Waals surface area contributed by atoms with E-state index in [4.69, 9.17) is 4.42 Å². The summed E-state index contributed by atoms with van der Waals surface area (Å²) in [7, 11) is 0. The zero-order valence-corrected chi connectivity index (χ0v) is 43.5. The highest BCUT2D eigenvalue weighted by molar-refractivity contribution is 5.87. The van der Waals surface area contributed by atoms with E-state index in [1.165, 1.54) is 109 Å². The lowest BCUT2D eigenvalue weighted by atomic mass is 9.73. The van der Waals surface area contributed by atoms with Crippen LogP contribution in [-0.2, 0) is 10.8 Å². The Labute approximate surface area is 467 Å². The Balaban J connectivity index is -0.000000718. The van der Waals surface area contributed by atoms with E-state index in [1.54, 1.807) is 0 Å². The number of hydrogen-bond donors (Lipinski definition) is 0. The zero-order valence-electron chi connectivity index (χ0n) is 43.5. The van der Waals surface area contributed by atoms with Gasteiger partial charge in [0.1, 0.15) is 0 Å². The molecule has 3 nitrogen and oxygen atoms in total. The molecule has 2 aliphatic rings. The van der Waals surface area contributed by atoms with Gasteiger partial charge in [-0.2, -0.15) is 0 Å². The maximum Gasteiger partial charge on any atom is 0.248 e. The Kier molecular flexibility index (Phi) is 16.9. The number of aromatic nitrogens is 2. The van der Waals surface area contributed by atoms with Crippen LogP contribution in [0.5, 0.6) is 0 Å². The number of hydrogen-bond acceptors (Lipinski definition) is 3. The zero-order chi connectivity index (χ0) is 51.7. The van der Waals surface area contributed by atoms with Crippen molar-refractivity contribution >= 4 is 0 Å². The molecule has 0 radical (unpaired) electrons. The number of fused-ring (bicyclic) bond motifs is 6. The van der Waals surface area contributed by atoms with Gasteiger partial charge in [-0.25, -0.2) is 0 Å². The Morgan fingerprint density at radius 3 is 1.19 bits per heavy atom. The van der Waals surface area contributed by atoms with Crippen molar-refractivity contribution < 1.29 is 27.2 Å². The molecular weight excluding hydrogens is 909 g/mol. The maximum absolute atomic E-state index is 6.37. The molecule has 0 spiro atoms. The average Bonchev–Trinajstić information content (AvgIpc) is 1.59. The highest BCUT2D eigenvalue weighted by Gasteiger charge is 2.42. The second-order valence-electron chi connectivity index (χ2n) is 19.6. The minimum atomic E-state index is -0.364. The monoisotopic (exact) mass is 1000 g/mol. The van der Waals surface area contributed by atoms with Crippen molar-refractivity contribution in [2.75, 3.05) is 0 Å². The minimum Gasteiger partial charge on any atom is -0.416 e. The van der Waals surface area contributed by atoms with Gasteiger partial charge >= 0.3 is 0 Å². The standard InChI is InChI=1S/C72H62N2O.16H2/c1-5-9-13-17-21-29-49-71(50-30-22-18-14-10-6-2)65-35-27-25-33-61(65)63-47-45-59(53-67(63)71)55-37-41-57(42-38-55)69-73-74-70(75-69)58-43-39-56(40-44-58)60-46-48-64-62-34-26-28-36-66(62)72(68(64)54-60,51-31-23-19-15-11-7-3)52-32-24-20-16-12-8-4;;;;;;;;;;;;;;;;/h25-28,33-49,51,53-54H,1,3,6,8,10,12,14,16,18,20,22,24,30,32,50,52H2,2,4H3;16*1H. The van der Waals surface area contributed by atoms with Crippen LogP contribution in [-0.4, -0.2) is 10.2 Å². The molecule has 0 aliphatic heterocycles. The van der Waals surface area contributed by atoms with Crippen LogP contribution < -0.4 is 0 Å². The fourth-order valence-electron chi connectivity index (χ4n) is 11.2. The van der Waals surface area contributed by atoms with E-state index in [9.17, 15) is 0 Å². The number of allylic oxidation sites excluding steroid dienone is 2. The third-order valence-corrected chi connectivity index (χ3v) is 14.9. The van der Waals surface area contributed by atoms with Crippen LogP contribution >= 0.6 is 0 Å². The Morgan fingerprint density at radius 1 is 0.400 bits per heavy atom. The lowest BCUT2D eigenvalue weighted by Crippen LogP contribution is -2.22. The number of rotatable bonds is 20. The number of nitrogens with zero attached hydrogens (tertiary/aromatic N) is 2. The van der Waals surface area contributed by atoms with Gasteiger partial charge in [-0.05, 0) is 187 Å². The molecule has 1 aromatic heterocycles. The van der Waals surface area contributed by atoms with Gasteiger partial charge in [0.15, 0.2) is 0 Å². The van der Waals surface area contributed by atoms with E-state index in [1.807, 2.05) is 0 Å². The van der Waals surface area contributed by atoms with Gasteiger partial charge in [-0.15, -0.1) is 10.2 Å². The first-order chi connectivity index (χ1) is 37.0. The molecule has 0 amide bonds. The molecular formula is C72H94N2O. The molecule has 0 N–H and O–H groups in total. The smallest absolute Gasteiger partial charge is 0.248 e. The maximum atomic E-state index is 6.37. The van der Waals surface area contributed by atoms with E-state index in [-0.39, 0.29) is 33.7 Å². The molecule has 1 heterocycles. The molecule has 0 fully saturated rings. The summed E-state index contributed by atoms with van der Waals surface area (Å²) in [4.78, 5) is 0. The predicted octanol–water partition coefficient (Wildman–Crippen LogP) is 22.9. The summed E-state index contributed by atoms with van der Waals surface area (Å²) in [5.74, 6) is 0.946. The quantitative estimate of drug-likeness (QED) is 0.0564. The Hall–Kier alpha value is -8.70. The molecule has 2 aliphatic carbocycles. The number of unbranched alkanes of at least 4 members (excludes halogenated alkanes) is 10. The van der Waals surface area contributed by atoms with Gasteiger partial charge in [0.25, 0.3) is 0 Å². The van der Waals surface area contributed by atoms with E-state index in [2.05, 4.69) is 252 Å². The van der Waals surface area contributed by atoms with Crippen molar-refractivity contribution in [3.63, 3.8) is 0 Å². The molecule has 75 heavy (non-hydrogen) atoms. The van der Waals surface area contributed by atoms with Crippen molar-refractivity contribution in [2.24, 2.45) is 0 Å². The lowest BCUT2D eigenvalue weighted by Gasteiger charge is -2.28. The second kappa shape index (κ2) is 24.8. The normalized spacial score (nSPS) is 14.9. The summed E-state index contributed by atoms with van der Waals surface area (Å²) >= 11 is 0. The second-order valence-corrected chi connectivity index (χ2v) is 19.6. The van der Waals surface area contributed by atoms with Gasteiger partial charge in [0.2, 0.25) is 11.8 Å². The van der Waals surface area contributed by atoms with Crippen molar-refractivity contribution in [3.05, 3.63) is 250 Å². The molecule has 0 bridgehead atoms. The van der Waals surface area contributed by atoms with Crippen LogP contribution in [0.25, 0.3) is 67.4 Å². The molecule has 398 valence electrons. The van der Waals surface area contributed by atoms with Crippen LogP contribution in [0.2, 0.25) is 0 Å². The van der Waals surface area contributed by atoms with Gasteiger partial charge in [-0.1, -0.05) is 211 Å². The number of benzene rings is 6. The van der Waals surface area contributed by atoms with E-state index in [0.29, 0.717) is 11.8 Å². The average molecular weight is 1000 g/mol. The summed E-state index contributed by atoms with van der Waals surface area (Å²) in [5, 5.41) is 9.04. The van der Waals surface area contributed by atoms with Crippen molar-refractivity contribution in [1.29, 1.82) is 0 Å². The third kappa shape index (κ3) is 11.3. The molecule has 2 unspecified atom stereocenters. The predicted molar refractivity (Wildman–Crippen MR) is 341 cm³/mol. The SMILES string of the molecule is C=C=C=C=C=C=C=CC1(CCCCCCCC)c2ccccc2-c2ccc(-c3ccc(-c4nnc(-c5ccc(-c6ccc7c(c6)C(C=C=C=C=C=C=C=C)(CCCCCCCC)c6ccccc6-7)cc5)o4)cc3)cc21.[HH].[HH].[HH].[HH].[HH].[HH].[HH].[HH].[HH].[HH].[HH].[HH].[HH].[HH].[HH].[HH]. The van der Waals surface area contributed by atoms with Crippen molar-refractivity contribution in [1.82, 2.24) is 10.2 Å². The van der Waals surface area contributed by atoms with Crippen molar-refractivity contribution in [3.8, 4) is 67.4 Å². The van der Waals surface area contributed by atoms with Gasteiger partial charge in [-0.3, -0.25) is 0 Å². The topological polar surface area (TPSA) is 38.9 Å². The Morgan fingerprint density at radius 2 is 0.760 bits per heavy atom. The molecule has 9 rings (SSSR count). The summed E-state index contributed by atoms with van der Waals surface area (Å²) in [6.45, 7) is 11.7. The molecule has 0 saturated heterocycles. The van der Waals surface area contributed by atoms with Crippen LogP contribution in [0.15, 0.2) is 232 Å². The summed E-state index contributed by atoms with van der Waals surface area (Å²) in [5.41, 5.74) is 50.4. The van der Waals surface area contributed by atoms with Gasteiger partial charge in [0.05, 0.1) is 0 Å². The molecule has 2 atom stereocenters. The van der Waals surface area contributed by atoms with Crippen LogP contribution in [0, 0.1) is 0 Å². The molecule has 6 aromatic carbocycles. The van der Waals surface area contributed by atoms with Crippen LogP contribution in [0.4, 0.5) is 0 Å². The van der Waals surface area contributed by atoms with E-state index in [0.717, 1.165) is 59.1 Å². The van der Waals surface area contributed by atoms with Crippen LogP contribution in [0.3, 0.4) is 0 Å². The first-order valence-corrected chi connectivity index (χ1v) is 26.8. The highest BCUT2D eigenvalue weighted by Crippen LogP contribution is 2.55. The van der Waals surface area contributed by atoms with Crippen LogP contribution in [0.1, 0.15) is 149 Å². The lowest BCUT2D eigenvalue weighted by molar-refractivity contribution is 0.518. The van der Waals surface area contributed by atoms with Gasteiger partial charge in [0, 0.05) is 44.8 Å². The summed E-state index contributed by atoms with van der Waals surface area (Å²) in [6, 6.07) is 48.3. The summed E-state index contributed by atoms with van der Waals surface area (Å²) < 4.78 is 6.37. The summed E-state index contributed by atoms with van der Waals surface area (Å²) in [6.07, 6.45) is 21.0. The molecule has 7 aromatic rings. The third-order valence-electron chi connectivity index (χ3n) is 14.9. The fourth-order valence-corrected chi connectivity index (χ4v) is 11.2. The largest absolute Gasteiger partial charge is 0.416 e. The van der Waals surface area contributed by atoms with E-state index >= 15 is 0 Å². The van der Waals surface area contributed by atoms with E-state index < -0.39 is 0 Å². The first-order valence-electron chi connectivity index (χ1n) is 26.8. The highest BCUT2D eigenvalue weighted by atomic mass is 16.4. The minimum absolute atomic E-state index is 0. The fraction of sp³-hybridized carbons (Fsp3) is 0.250. The molecule has 3 heteroatoms. The van der Waals surface area contributed by atoms with Crippen molar-refractivity contribution in [2.45, 2.75) is 115 Å². The first kappa shape index (κ1) is 51.2. The molecule has 0 saturated carbocycles.